The van der Waals surface area contributed by atoms with Gasteiger partial charge in [-0.15, -0.1) is 0 Å². The van der Waals surface area contributed by atoms with Crippen LogP contribution >= 0.6 is 11.8 Å². The van der Waals surface area contributed by atoms with Gasteiger partial charge in [0.2, 0.25) is 11.6 Å². The molecule has 3 rings (SSSR count). The van der Waals surface area contributed by atoms with Crippen molar-refractivity contribution in [3.05, 3.63) is 48.0 Å². The molecular weight excluding hydrogens is 394 g/mol. The number of nitrogens with zero attached hydrogens (tertiary/aromatic N) is 2. The maximum atomic E-state index is 12.7. The smallest absolute Gasteiger partial charge is 0.298 e. The van der Waals surface area contributed by atoms with Gasteiger partial charge in [-0.05, 0) is 30.3 Å². The van der Waals surface area contributed by atoms with Gasteiger partial charge >= 0.3 is 0 Å². The number of methoxy groups -OCH3 is 2. The van der Waals surface area contributed by atoms with E-state index in [9.17, 15) is 9.90 Å². The Labute approximate surface area is 172 Å². The number of amides is 1. The van der Waals surface area contributed by atoms with E-state index in [1.807, 2.05) is 31.2 Å². The standard InChI is InChI=1S/C20H21N3O5S/c1-12-5-7-15(8-6-12)23-19(20(25)28-22-23)29-13(2)18(24)21-14-9-16(26-3)11-17(10-14)27-4/h5-11,13H,1-4H3,(H-,21,22,24,25). The van der Waals surface area contributed by atoms with Crippen LogP contribution in [0.4, 0.5) is 5.69 Å². The van der Waals surface area contributed by atoms with Crippen LogP contribution in [0.2, 0.25) is 0 Å². The van der Waals surface area contributed by atoms with Crippen molar-refractivity contribution in [2.75, 3.05) is 19.5 Å². The first-order valence-corrected chi connectivity index (χ1v) is 9.66. The lowest BCUT2D eigenvalue weighted by atomic mass is 10.2. The molecule has 1 atom stereocenters. The lowest BCUT2D eigenvalue weighted by Gasteiger charge is -2.12. The number of hydrogen-bond acceptors (Lipinski definition) is 7. The maximum Gasteiger partial charge on any atom is 0.298 e. The van der Waals surface area contributed by atoms with Crippen LogP contribution in [0.3, 0.4) is 0 Å². The van der Waals surface area contributed by atoms with Crippen molar-refractivity contribution >= 4 is 23.4 Å². The molecule has 0 bridgehead atoms. The molecule has 1 heterocycles. The lowest BCUT2D eigenvalue weighted by Crippen LogP contribution is -2.36. The average molecular weight is 415 g/mol. The summed E-state index contributed by atoms with van der Waals surface area (Å²) in [6.45, 7) is 3.66. The molecule has 152 valence electrons. The van der Waals surface area contributed by atoms with Crippen LogP contribution in [0.1, 0.15) is 12.5 Å². The van der Waals surface area contributed by atoms with Crippen molar-refractivity contribution in [1.82, 2.24) is 5.27 Å². The number of rotatable bonds is 7. The molecule has 1 aromatic heterocycles. The third kappa shape index (κ3) is 4.80. The Bertz CT molecular complexity index is 982. The first-order chi connectivity index (χ1) is 13.9. The van der Waals surface area contributed by atoms with E-state index in [1.54, 1.807) is 25.1 Å². The van der Waals surface area contributed by atoms with Crippen molar-refractivity contribution in [2.24, 2.45) is 0 Å². The predicted octanol–water partition coefficient (Wildman–Crippen LogP) is 2.47. The molecule has 2 aromatic carbocycles. The number of anilines is 1. The normalized spacial score (nSPS) is 11.7. The molecule has 29 heavy (non-hydrogen) atoms. The van der Waals surface area contributed by atoms with Gasteiger partial charge in [-0.1, -0.05) is 17.7 Å². The van der Waals surface area contributed by atoms with E-state index in [2.05, 4.69) is 10.6 Å². The lowest BCUT2D eigenvalue weighted by molar-refractivity contribution is -0.705. The molecule has 0 spiro atoms. The minimum Gasteiger partial charge on any atom is -0.538 e. The Balaban J connectivity index is 1.77. The number of hydrogen-bond donors (Lipinski definition) is 1. The Kier molecular flexibility index (Phi) is 6.28. The number of thioether (sulfide) groups is 1. The largest absolute Gasteiger partial charge is 0.538 e. The molecule has 0 saturated carbocycles. The molecule has 8 nitrogen and oxygen atoms in total. The summed E-state index contributed by atoms with van der Waals surface area (Å²) in [4.78, 5) is 12.7. The van der Waals surface area contributed by atoms with E-state index < -0.39 is 11.2 Å². The summed E-state index contributed by atoms with van der Waals surface area (Å²) in [6, 6.07) is 12.5. The summed E-state index contributed by atoms with van der Waals surface area (Å²) in [5.74, 6) is 0.218. The monoisotopic (exact) mass is 415 g/mol. The Morgan fingerprint density at radius 1 is 1.17 bits per heavy atom. The number of aromatic nitrogens is 2. The molecular formula is C20H21N3O5S. The van der Waals surface area contributed by atoms with Gasteiger partial charge < -0.3 is 24.4 Å². The van der Waals surface area contributed by atoms with Crippen LogP contribution in [0, 0.1) is 6.92 Å². The van der Waals surface area contributed by atoms with E-state index in [0.717, 1.165) is 17.3 Å². The Morgan fingerprint density at radius 3 is 2.38 bits per heavy atom. The molecule has 0 saturated heterocycles. The first-order valence-electron chi connectivity index (χ1n) is 8.78. The van der Waals surface area contributed by atoms with Crippen LogP contribution in [0.5, 0.6) is 17.4 Å². The first kappa shape index (κ1) is 20.5. The highest BCUT2D eigenvalue weighted by Gasteiger charge is 2.26. The quantitative estimate of drug-likeness (QED) is 0.467. The van der Waals surface area contributed by atoms with Crippen molar-refractivity contribution < 1.29 is 28.6 Å². The number of benzene rings is 2. The molecule has 3 aromatic rings. The summed E-state index contributed by atoms with van der Waals surface area (Å²) in [7, 11) is 3.06. The summed E-state index contributed by atoms with van der Waals surface area (Å²) in [5.41, 5.74) is 2.28. The minimum atomic E-state index is -0.599. The van der Waals surface area contributed by atoms with Gasteiger partial charge in [0.05, 0.1) is 24.7 Å². The molecule has 1 unspecified atom stereocenters. The molecule has 0 aliphatic rings. The summed E-state index contributed by atoms with van der Waals surface area (Å²) >= 11 is 1.07. The summed E-state index contributed by atoms with van der Waals surface area (Å²) in [6.07, 6.45) is 0. The van der Waals surface area contributed by atoms with Crippen molar-refractivity contribution in [3.8, 4) is 23.1 Å². The van der Waals surface area contributed by atoms with Crippen LogP contribution < -0.4 is 24.6 Å². The predicted molar refractivity (Wildman–Crippen MR) is 106 cm³/mol. The zero-order valence-electron chi connectivity index (χ0n) is 16.5. The van der Waals surface area contributed by atoms with Crippen molar-refractivity contribution in [3.63, 3.8) is 0 Å². The van der Waals surface area contributed by atoms with Crippen LogP contribution in [0.15, 0.2) is 52.0 Å². The fraction of sp³-hybridized carbons (Fsp3) is 0.250. The number of carbonyl (C=O) groups excluding carboxylic acids is 1. The highest BCUT2D eigenvalue weighted by Crippen LogP contribution is 2.30. The zero-order valence-corrected chi connectivity index (χ0v) is 17.3. The van der Waals surface area contributed by atoms with E-state index in [1.165, 1.54) is 18.9 Å². The second-order valence-electron chi connectivity index (χ2n) is 6.26. The second-order valence-corrected chi connectivity index (χ2v) is 7.59. The van der Waals surface area contributed by atoms with Gasteiger partial charge in [-0.3, -0.25) is 4.79 Å². The number of ether oxygens (including phenoxy) is 2. The van der Waals surface area contributed by atoms with Crippen LogP contribution in [0.25, 0.3) is 5.69 Å². The van der Waals surface area contributed by atoms with E-state index in [0.29, 0.717) is 22.9 Å². The number of nitrogens with one attached hydrogen (secondary N) is 1. The molecule has 0 radical (unpaired) electrons. The van der Waals surface area contributed by atoms with E-state index >= 15 is 0 Å². The topological polar surface area (TPSA) is 101 Å². The van der Waals surface area contributed by atoms with Gasteiger partial charge in [0.25, 0.3) is 5.03 Å². The van der Waals surface area contributed by atoms with Gasteiger partial charge in [-0.25, -0.2) is 0 Å². The Hall–Kier alpha value is -3.20. The Morgan fingerprint density at radius 2 is 1.79 bits per heavy atom. The van der Waals surface area contributed by atoms with Gasteiger partial charge in [0.1, 0.15) is 11.5 Å². The summed E-state index contributed by atoms with van der Waals surface area (Å²) in [5, 5.41) is 18.4. The van der Waals surface area contributed by atoms with E-state index in [4.69, 9.17) is 14.0 Å². The third-order valence-electron chi connectivity index (χ3n) is 4.13. The second kappa shape index (κ2) is 8.87. The van der Waals surface area contributed by atoms with Crippen molar-refractivity contribution in [1.29, 1.82) is 0 Å². The fourth-order valence-corrected chi connectivity index (χ4v) is 3.41. The van der Waals surface area contributed by atoms with Crippen molar-refractivity contribution in [2.45, 2.75) is 24.1 Å². The van der Waals surface area contributed by atoms with Crippen LogP contribution in [-0.2, 0) is 4.79 Å². The fourth-order valence-electron chi connectivity index (χ4n) is 2.53. The molecule has 0 aliphatic heterocycles. The van der Waals surface area contributed by atoms with Crippen LogP contribution in [-0.4, -0.2) is 30.6 Å². The zero-order chi connectivity index (χ0) is 21.0. The highest BCUT2D eigenvalue weighted by atomic mass is 32.2. The summed E-state index contributed by atoms with van der Waals surface area (Å²) < 4.78 is 16.6. The number of aryl methyl sites for hydroxylation is 1. The minimum absolute atomic E-state index is 0.222. The maximum absolute atomic E-state index is 12.7. The van der Waals surface area contributed by atoms with Gasteiger partial charge in [-0.2, -0.15) is 0 Å². The molecule has 0 aliphatic carbocycles. The molecule has 1 N–H and O–H groups in total. The molecule has 0 fully saturated rings. The molecule has 1 amide bonds. The highest BCUT2D eigenvalue weighted by molar-refractivity contribution is 8.00. The van der Waals surface area contributed by atoms with E-state index in [-0.39, 0.29) is 10.9 Å². The average Bonchev–Trinajstić information content (AvgIpc) is 3.08. The molecule has 9 heteroatoms. The SMILES string of the molecule is COc1cc(NC(=O)C(C)Sc2c([O-])on[n+]2-c2ccc(C)cc2)cc(OC)c1. The third-order valence-corrected chi connectivity index (χ3v) is 5.26. The van der Waals surface area contributed by atoms with Gasteiger partial charge in [0.15, 0.2) is 5.95 Å². The van der Waals surface area contributed by atoms with Gasteiger partial charge in [0, 0.05) is 36.0 Å². The number of carbonyl (C=O) groups is 1.